The molecular formula is C17H19NO5S. The van der Waals surface area contributed by atoms with Crippen molar-refractivity contribution in [2.24, 2.45) is 11.8 Å². The third-order valence-electron chi connectivity index (χ3n) is 4.65. The Morgan fingerprint density at radius 1 is 1.17 bits per heavy atom. The molecule has 24 heavy (non-hydrogen) atoms. The summed E-state index contributed by atoms with van der Waals surface area (Å²) >= 11 is 0. The molecule has 1 aromatic carbocycles. The van der Waals surface area contributed by atoms with Crippen molar-refractivity contribution < 1.29 is 23.1 Å². The molecule has 128 valence electrons. The van der Waals surface area contributed by atoms with Gasteiger partial charge in [0.1, 0.15) is 0 Å². The van der Waals surface area contributed by atoms with Crippen LogP contribution in [0.1, 0.15) is 24.0 Å². The zero-order valence-electron chi connectivity index (χ0n) is 13.1. The van der Waals surface area contributed by atoms with Crippen molar-refractivity contribution in [3.05, 3.63) is 41.5 Å². The highest BCUT2D eigenvalue weighted by molar-refractivity contribution is 7.91. The van der Waals surface area contributed by atoms with Crippen LogP contribution >= 0.6 is 0 Å². The number of amides is 1. The van der Waals surface area contributed by atoms with E-state index in [0.29, 0.717) is 24.2 Å². The highest BCUT2D eigenvalue weighted by Gasteiger charge is 2.33. The van der Waals surface area contributed by atoms with Crippen LogP contribution in [0.2, 0.25) is 0 Å². The van der Waals surface area contributed by atoms with E-state index in [0.717, 1.165) is 11.1 Å². The van der Waals surface area contributed by atoms with E-state index in [1.165, 1.54) is 0 Å². The first kappa shape index (κ1) is 16.7. The van der Waals surface area contributed by atoms with E-state index in [-0.39, 0.29) is 18.2 Å². The molecule has 6 nitrogen and oxygen atoms in total. The third-order valence-corrected chi connectivity index (χ3v) is 6.46. The largest absolute Gasteiger partial charge is 0.481 e. The number of carboxylic acids is 1. The van der Waals surface area contributed by atoms with Crippen molar-refractivity contribution in [3.8, 4) is 0 Å². The zero-order chi connectivity index (χ0) is 17.3. The summed E-state index contributed by atoms with van der Waals surface area (Å²) < 4.78 is 23.6. The molecule has 3 rings (SSSR count). The minimum Gasteiger partial charge on any atom is -0.481 e. The summed E-state index contributed by atoms with van der Waals surface area (Å²) in [5, 5.41) is 12.0. The molecule has 2 aliphatic rings. The third kappa shape index (κ3) is 3.21. The van der Waals surface area contributed by atoms with E-state index in [9.17, 15) is 23.1 Å². The maximum Gasteiger partial charge on any atom is 0.307 e. The van der Waals surface area contributed by atoms with Crippen LogP contribution in [0.4, 0.5) is 0 Å². The van der Waals surface area contributed by atoms with E-state index in [2.05, 4.69) is 5.32 Å². The first-order valence-electron chi connectivity index (χ1n) is 7.88. The number of carboxylic acid groups (broad SMARTS) is 1. The van der Waals surface area contributed by atoms with Gasteiger partial charge in [0.2, 0.25) is 5.91 Å². The van der Waals surface area contributed by atoms with Gasteiger partial charge in [0.05, 0.1) is 22.5 Å². The Hall–Kier alpha value is -2.15. The number of aryl methyl sites for hydroxylation is 1. The molecule has 0 aromatic heterocycles. The Bertz CT molecular complexity index is 812. The lowest BCUT2D eigenvalue weighted by Crippen LogP contribution is -2.38. The number of carbonyl (C=O) groups is 2. The zero-order valence-corrected chi connectivity index (χ0v) is 13.9. The summed E-state index contributed by atoms with van der Waals surface area (Å²) in [7, 11) is -3.15. The molecule has 2 atom stereocenters. The molecule has 1 aromatic rings. The van der Waals surface area contributed by atoms with Crippen LogP contribution in [0.5, 0.6) is 0 Å². The fourth-order valence-electron chi connectivity index (χ4n) is 3.29. The highest BCUT2D eigenvalue weighted by atomic mass is 32.2. The summed E-state index contributed by atoms with van der Waals surface area (Å²) in [5.41, 5.74) is 1.60. The number of rotatable bonds is 4. The van der Waals surface area contributed by atoms with Gasteiger partial charge in [0.15, 0.2) is 9.84 Å². The fraction of sp³-hybridized carbons (Fsp3) is 0.412. The van der Waals surface area contributed by atoms with E-state index < -0.39 is 27.6 Å². The number of aliphatic carboxylic acids is 1. The normalized spacial score (nSPS) is 24.3. The second kappa shape index (κ2) is 6.39. The van der Waals surface area contributed by atoms with Gasteiger partial charge in [0, 0.05) is 6.54 Å². The van der Waals surface area contributed by atoms with E-state index >= 15 is 0 Å². The monoisotopic (exact) mass is 349 g/mol. The molecule has 2 N–H and O–H groups in total. The lowest BCUT2D eigenvalue weighted by atomic mass is 9.82. The van der Waals surface area contributed by atoms with Crippen LogP contribution in [0.3, 0.4) is 0 Å². The van der Waals surface area contributed by atoms with Crippen molar-refractivity contribution in [2.45, 2.75) is 30.7 Å². The maximum atomic E-state index is 12.3. The van der Waals surface area contributed by atoms with Gasteiger partial charge in [-0.2, -0.15) is 0 Å². The van der Waals surface area contributed by atoms with Crippen LogP contribution in [0.15, 0.2) is 35.2 Å². The van der Waals surface area contributed by atoms with Crippen molar-refractivity contribution in [1.82, 2.24) is 5.32 Å². The van der Waals surface area contributed by atoms with Crippen LogP contribution < -0.4 is 5.32 Å². The number of hydrogen-bond acceptors (Lipinski definition) is 4. The molecule has 0 saturated heterocycles. The van der Waals surface area contributed by atoms with Gasteiger partial charge in [0.25, 0.3) is 0 Å². The summed E-state index contributed by atoms with van der Waals surface area (Å²) in [6, 6.07) is 5.08. The second-order valence-corrected chi connectivity index (χ2v) is 8.30. The van der Waals surface area contributed by atoms with Crippen molar-refractivity contribution >= 4 is 21.7 Å². The highest BCUT2D eigenvalue weighted by Crippen LogP contribution is 2.28. The Morgan fingerprint density at radius 2 is 1.88 bits per heavy atom. The topological polar surface area (TPSA) is 101 Å². The van der Waals surface area contributed by atoms with Gasteiger partial charge >= 0.3 is 5.97 Å². The maximum absolute atomic E-state index is 12.3. The minimum atomic E-state index is -3.15. The molecule has 0 saturated carbocycles. The van der Waals surface area contributed by atoms with Gasteiger partial charge in [-0.3, -0.25) is 9.59 Å². The molecule has 0 fully saturated rings. The van der Waals surface area contributed by atoms with Gasteiger partial charge in [-0.15, -0.1) is 0 Å². The molecular weight excluding hydrogens is 330 g/mol. The Morgan fingerprint density at radius 3 is 2.58 bits per heavy atom. The average Bonchev–Trinajstić information content (AvgIpc) is 2.87. The lowest BCUT2D eigenvalue weighted by molar-refractivity contribution is -0.147. The van der Waals surface area contributed by atoms with Crippen molar-refractivity contribution in [2.75, 3.05) is 5.75 Å². The van der Waals surface area contributed by atoms with Crippen molar-refractivity contribution in [1.29, 1.82) is 0 Å². The summed E-state index contributed by atoms with van der Waals surface area (Å²) in [5.74, 6) is -2.36. The van der Waals surface area contributed by atoms with Crippen LogP contribution in [-0.4, -0.2) is 31.2 Å². The number of nitrogens with one attached hydrogen (secondary N) is 1. The first-order chi connectivity index (χ1) is 11.4. The molecule has 1 amide bonds. The number of carbonyl (C=O) groups excluding carboxylic acids is 1. The molecule has 1 aliphatic heterocycles. The number of hydrogen-bond donors (Lipinski definition) is 2. The fourth-order valence-corrected chi connectivity index (χ4v) is 4.84. The molecule has 0 bridgehead atoms. The standard InChI is InChI=1S/C17H19NO5S/c19-16(13-3-1-2-4-14(13)17(20)21)18-10-11-5-6-15-12(9-11)7-8-24(15,22)23/h1-2,5-6,9,13-14H,3-4,7-8,10H2,(H,18,19)(H,20,21)/t13-,14+/m0/s1. The van der Waals surface area contributed by atoms with Gasteiger partial charge < -0.3 is 10.4 Å². The van der Waals surface area contributed by atoms with E-state index in [1.807, 2.05) is 6.08 Å². The average molecular weight is 349 g/mol. The Kier molecular flexibility index (Phi) is 4.45. The minimum absolute atomic E-state index is 0.132. The van der Waals surface area contributed by atoms with Gasteiger partial charge in [-0.25, -0.2) is 8.42 Å². The number of fused-ring (bicyclic) bond motifs is 1. The molecule has 0 unspecified atom stereocenters. The van der Waals surface area contributed by atoms with E-state index in [1.54, 1.807) is 24.3 Å². The first-order valence-corrected chi connectivity index (χ1v) is 9.54. The molecule has 1 heterocycles. The molecule has 1 aliphatic carbocycles. The lowest BCUT2D eigenvalue weighted by Gasteiger charge is -2.24. The quantitative estimate of drug-likeness (QED) is 0.798. The summed E-state index contributed by atoms with van der Waals surface area (Å²) in [4.78, 5) is 24.0. The van der Waals surface area contributed by atoms with Crippen LogP contribution in [0.25, 0.3) is 0 Å². The smallest absolute Gasteiger partial charge is 0.307 e. The second-order valence-electron chi connectivity index (χ2n) is 6.22. The Balaban J connectivity index is 1.67. The molecule has 7 heteroatoms. The predicted octanol–water partition coefficient (Wildman–Crippen LogP) is 1.30. The van der Waals surface area contributed by atoms with Gasteiger partial charge in [-0.1, -0.05) is 24.3 Å². The van der Waals surface area contributed by atoms with E-state index in [4.69, 9.17) is 0 Å². The summed E-state index contributed by atoms with van der Waals surface area (Å²) in [6.45, 7) is 0.263. The van der Waals surface area contributed by atoms with Gasteiger partial charge in [-0.05, 0) is 36.5 Å². The SMILES string of the molecule is O=C(NCc1ccc2c(c1)CCS2(=O)=O)[C@H]1CC=CC[C@H]1C(=O)O. The number of allylic oxidation sites excluding steroid dienone is 2. The van der Waals surface area contributed by atoms with Crippen LogP contribution in [0, 0.1) is 11.8 Å². The Labute approximate surface area is 140 Å². The van der Waals surface area contributed by atoms with Crippen LogP contribution in [-0.2, 0) is 32.4 Å². The number of sulfone groups is 1. The molecule has 0 spiro atoms. The molecule has 0 radical (unpaired) electrons. The number of benzene rings is 1. The predicted molar refractivity (Wildman–Crippen MR) is 87.0 cm³/mol. The van der Waals surface area contributed by atoms with Crippen molar-refractivity contribution in [3.63, 3.8) is 0 Å². The summed E-state index contributed by atoms with van der Waals surface area (Å²) in [6.07, 6.45) is 4.91.